The predicted octanol–water partition coefficient (Wildman–Crippen LogP) is 2.70. The highest BCUT2D eigenvalue weighted by Crippen LogP contribution is 2.32. The Morgan fingerprint density at radius 3 is 2.75 bits per heavy atom. The van der Waals surface area contributed by atoms with Crippen LogP contribution in [0.1, 0.15) is 44.4 Å². The first-order valence-corrected chi connectivity index (χ1v) is 9.60. The molecule has 4 nitrogen and oxygen atoms in total. The molecule has 1 aliphatic rings. The molecule has 20 heavy (non-hydrogen) atoms. The monoisotopic (exact) mass is 316 g/mol. The van der Waals surface area contributed by atoms with Gasteiger partial charge in [0.1, 0.15) is 0 Å². The molecule has 2 rings (SSSR count). The molecule has 1 aromatic heterocycles. The summed E-state index contributed by atoms with van der Waals surface area (Å²) in [7, 11) is -3.45. The van der Waals surface area contributed by atoms with Crippen molar-refractivity contribution in [2.24, 2.45) is 17.6 Å². The van der Waals surface area contributed by atoms with Crippen LogP contribution >= 0.6 is 11.3 Å². The number of thiophene rings is 1. The Labute approximate surface area is 125 Å². The van der Waals surface area contributed by atoms with E-state index in [0.29, 0.717) is 16.7 Å². The minimum absolute atomic E-state index is 0.0549. The number of nitrogens with two attached hydrogens (primary N) is 1. The van der Waals surface area contributed by atoms with Gasteiger partial charge >= 0.3 is 0 Å². The van der Waals surface area contributed by atoms with E-state index in [2.05, 4.69) is 18.6 Å². The van der Waals surface area contributed by atoms with Crippen molar-refractivity contribution < 1.29 is 8.42 Å². The third-order valence-corrected chi connectivity index (χ3v) is 6.81. The van der Waals surface area contributed by atoms with Gasteiger partial charge in [-0.1, -0.05) is 26.7 Å². The van der Waals surface area contributed by atoms with Gasteiger partial charge in [-0.05, 0) is 36.1 Å². The van der Waals surface area contributed by atoms with Crippen molar-refractivity contribution in [1.29, 1.82) is 0 Å². The molecule has 2 unspecified atom stereocenters. The van der Waals surface area contributed by atoms with E-state index in [4.69, 9.17) is 5.73 Å². The van der Waals surface area contributed by atoms with Crippen molar-refractivity contribution in [3.05, 3.63) is 16.3 Å². The molecule has 114 valence electrons. The molecule has 6 heteroatoms. The van der Waals surface area contributed by atoms with E-state index in [-0.39, 0.29) is 12.6 Å². The van der Waals surface area contributed by atoms with Gasteiger partial charge in [0.2, 0.25) is 10.0 Å². The largest absolute Gasteiger partial charge is 0.326 e. The lowest BCUT2D eigenvalue weighted by Gasteiger charge is -2.34. The van der Waals surface area contributed by atoms with Gasteiger partial charge in [0.05, 0.1) is 4.90 Å². The summed E-state index contributed by atoms with van der Waals surface area (Å²) in [6, 6.07) is 1.71. The SMILES string of the molecule is CC(C)C1CCCCC1NS(=O)(=O)c1ccsc1CN. The number of hydrogen-bond acceptors (Lipinski definition) is 4. The lowest BCUT2D eigenvalue weighted by Crippen LogP contribution is -2.43. The maximum absolute atomic E-state index is 12.5. The zero-order valence-corrected chi connectivity index (χ0v) is 13.8. The summed E-state index contributed by atoms with van der Waals surface area (Å²) < 4.78 is 28.0. The zero-order chi connectivity index (χ0) is 14.8. The molecule has 0 spiro atoms. The van der Waals surface area contributed by atoms with Crippen LogP contribution < -0.4 is 10.5 Å². The van der Waals surface area contributed by atoms with Crippen molar-refractivity contribution in [3.63, 3.8) is 0 Å². The minimum Gasteiger partial charge on any atom is -0.326 e. The fourth-order valence-corrected chi connectivity index (χ4v) is 5.74. The first-order chi connectivity index (χ1) is 9.45. The summed E-state index contributed by atoms with van der Waals surface area (Å²) in [6.45, 7) is 4.62. The van der Waals surface area contributed by atoms with Crippen molar-refractivity contribution in [3.8, 4) is 0 Å². The number of sulfonamides is 1. The fraction of sp³-hybridized carbons (Fsp3) is 0.714. The quantitative estimate of drug-likeness (QED) is 0.877. The normalized spacial score (nSPS) is 24.2. The second-order valence-electron chi connectivity index (χ2n) is 5.83. The molecule has 1 aromatic rings. The molecule has 3 N–H and O–H groups in total. The summed E-state index contributed by atoms with van der Waals surface area (Å²) >= 11 is 1.40. The molecule has 0 aromatic carbocycles. The van der Waals surface area contributed by atoms with E-state index in [0.717, 1.165) is 24.1 Å². The summed E-state index contributed by atoms with van der Waals surface area (Å²) in [4.78, 5) is 1.09. The van der Waals surface area contributed by atoms with Crippen LogP contribution in [0.4, 0.5) is 0 Å². The van der Waals surface area contributed by atoms with Gasteiger partial charge in [0.25, 0.3) is 0 Å². The third-order valence-electron chi connectivity index (χ3n) is 4.16. The highest BCUT2D eigenvalue weighted by Gasteiger charge is 2.32. The topological polar surface area (TPSA) is 72.2 Å². The Kier molecular flexibility index (Phi) is 5.23. The average molecular weight is 316 g/mol. The molecule has 1 fully saturated rings. The van der Waals surface area contributed by atoms with Gasteiger partial charge in [0, 0.05) is 17.5 Å². The first kappa shape index (κ1) is 15.9. The van der Waals surface area contributed by atoms with E-state index >= 15 is 0 Å². The number of hydrogen-bond donors (Lipinski definition) is 2. The van der Waals surface area contributed by atoms with Gasteiger partial charge in [-0.15, -0.1) is 11.3 Å². The molecular weight excluding hydrogens is 292 g/mol. The molecule has 0 radical (unpaired) electrons. The summed E-state index contributed by atoms with van der Waals surface area (Å²) in [5.41, 5.74) is 5.62. The maximum atomic E-state index is 12.5. The van der Waals surface area contributed by atoms with Crippen LogP contribution in [-0.2, 0) is 16.6 Å². The van der Waals surface area contributed by atoms with Crippen molar-refractivity contribution in [2.75, 3.05) is 0 Å². The predicted molar refractivity (Wildman–Crippen MR) is 83.1 cm³/mol. The Balaban J connectivity index is 2.19. The van der Waals surface area contributed by atoms with Gasteiger partial charge < -0.3 is 5.73 Å². The summed E-state index contributed by atoms with van der Waals surface area (Å²) in [5.74, 6) is 0.929. The second kappa shape index (κ2) is 6.56. The standard InChI is InChI=1S/C14H24N2O2S2/c1-10(2)11-5-3-4-6-12(11)16-20(17,18)14-7-8-19-13(14)9-15/h7-8,10-12,16H,3-6,9,15H2,1-2H3. The van der Waals surface area contributed by atoms with Crippen LogP contribution in [0.2, 0.25) is 0 Å². The highest BCUT2D eigenvalue weighted by atomic mass is 32.2. The van der Waals surface area contributed by atoms with Crippen LogP contribution in [0, 0.1) is 11.8 Å². The lowest BCUT2D eigenvalue weighted by atomic mass is 9.78. The number of rotatable bonds is 5. The fourth-order valence-electron chi connectivity index (χ4n) is 3.08. The van der Waals surface area contributed by atoms with Crippen LogP contribution in [0.25, 0.3) is 0 Å². The molecule has 2 atom stereocenters. The van der Waals surface area contributed by atoms with E-state index in [9.17, 15) is 8.42 Å². The van der Waals surface area contributed by atoms with E-state index in [1.165, 1.54) is 17.8 Å². The smallest absolute Gasteiger partial charge is 0.241 e. The Morgan fingerprint density at radius 2 is 2.10 bits per heavy atom. The van der Waals surface area contributed by atoms with Gasteiger partial charge in [-0.2, -0.15) is 0 Å². The summed E-state index contributed by atoms with van der Waals surface area (Å²) in [5, 5.41) is 1.79. The Bertz CT molecular complexity index is 537. The maximum Gasteiger partial charge on any atom is 0.241 e. The van der Waals surface area contributed by atoms with Gasteiger partial charge in [0.15, 0.2) is 0 Å². The molecule has 1 heterocycles. The van der Waals surface area contributed by atoms with Crippen LogP contribution in [0.3, 0.4) is 0 Å². The van der Waals surface area contributed by atoms with Crippen LogP contribution in [0.15, 0.2) is 16.3 Å². The molecule has 1 saturated carbocycles. The summed E-state index contributed by atoms with van der Waals surface area (Å²) in [6.07, 6.45) is 4.35. The Morgan fingerprint density at radius 1 is 1.40 bits per heavy atom. The Hall–Kier alpha value is -0.430. The second-order valence-corrected chi connectivity index (χ2v) is 8.52. The van der Waals surface area contributed by atoms with Crippen molar-refractivity contribution in [2.45, 2.75) is 57.0 Å². The molecule has 0 amide bonds. The molecule has 0 saturated heterocycles. The van der Waals surface area contributed by atoms with Gasteiger partial charge in [-0.25, -0.2) is 13.1 Å². The van der Waals surface area contributed by atoms with E-state index in [1.807, 2.05) is 0 Å². The van der Waals surface area contributed by atoms with Crippen molar-refractivity contribution >= 4 is 21.4 Å². The first-order valence-electron chi connectivity index (χ1n) is 7.24. The lowest BCUT2D eigenvalue weighted by molar-refractivity contribution is 0.226. The third kappa shape index (κ3) is 3.42. The van der Waals surface area contributed by atoms with Crippen LogP contribution in [-0.4, -0.2) is 14.5 Å². The highest BCUT2D eigenvalue weighted by molar-refractivity contribution is 7.89. The van der Waals surface area contributed by atoms with Crippen LogP contribution in [0.5, 0.6) is 0 Å². The molecular formula is C14H24N2O2S2. The molecule has 0 aliphatic heterocycles. The van der Waals surface area contributed by atoms with Gasteiger partial charge in [-0.3, -0.25) is 0 Å². The van der Waals surface area contributed by atoms with E-state index < -0.39 is 10.0 Å². The number of nitrogens with one attached hydrogen (secondary N) is 1. The van der Waals surface area contributed by atoms with E-state index in [1.54, 1.807) is 11.4 Å². The van der Waals surface area contributed by atoms with Crippen molar-refractivity contribution in [1.82, 2.24) is 4.72 Å². The zero-order valence-electron chi connectivity index (χ0n) is 12.1. The average Bonchev–Trinajstić information content (AvgIpc) is 2.87. The minimum atomic E-state index is -3.45. The molecule has 0 bridgehead atoms. The molecule has 1 aliphatic carbocycles.